The van der Waals surface area contributed by atoms with Gasteiger partial charge in [-0.05, 0) is 13.3 Å². The maximum Gasteiger partial charge on any atom is 0.180 e. The molecule has 0 saturated heterocycles. The van der Waals surface area contributed by atoms with Gasteiger partial charge >= 0.3 is 0 Å². The fourth-order valence-corrected chi connectivity index (χ4v) is 1.93. The van der Waals surface area contributed by atoms with Crippen molar-refractivity contribution in [3.63, 3.8) is 0 Å². The first-order valence-electron chi connectivity index (χ1n) is 7.66. The normalized spacial score (nSPS) is 14.7. The third kappa shape index (κ3) is 12.3. The van der Waals surface area contributed by atoms with E-state index in [0.717, 1.165) is 12.8 Å². The number of aliphatic hydroxyl groups is 2. The Bertz CT molecular complexity index is 160. The molecular formula is C15H32O3. The molecule has 110 valence electrons. The molecule has 0 aliphatic rings. The van der Waals surface area contributed by atoms with Crippen molar-refractivity contribution >= 4 is 0 Å². The first kappa shape index (κ1) is 17.9. The molecule has 0 spiro atoms. The standard InChI is InChI=1S/C15H32O3/c1-3-4-5-6-7-8-9-10-11-12-13-18-15(17)14(2)16/h14-17H,3-13H2,1-2H3. The SMILES string of the molecule is CCCCCCCCCCCCOC(O)C(C)O. The Morgan fingerprint density at radius 2 is 1.22 bits per heavy atom. The first-order chi connectivity index (χ1) is 8.68. The molecule has 0 aromatic heterocycles. The van der Waals surface area contributed by atoms with Gasteiger partial charge < -0.3 is 14.9 Å². The van der Waals surface area contributed by atoms with Crippen LogP contribution in [-0.2, 0) is 4.74 Å². The molecule has 18 heavy (non-hydrogen) atoms. The number of rotatable bonds is 13. The van der Waals surface area contributed by atoms with E-state index in [1.807, 2.05) is 0 Å². The molecule has 0 rings (SSSR count). The van der Waals surface area contributed by atoms with Crippen LogP contribution in [0.5, 0.6) is 0 Å². The van der Waals surface area contributed by atoms with E-state index in [2.05, 4.69) is 6.92 Å². The second-order valence-corrected chi connectivity index (χ2v) is 5.18. The second-order valence-electron chi connectivity index (χ2n) is 5.18. The van der Waals surface area contributed by atoms with Crippen LogP contribution in [0, 0.1) is 0 Å². The third-order valence-electron chi connectivity index (χ3n) is 3.20. The Hall–Kier alpha value is -0.120. The van der Waals surface area contributed by atoms with E-state index in [1.54, 1.807) is 0 Å². The number of aliphatic hydroxyl groups excluding tert-OH is 2. The average molecular weight is 260 g/mol. The van der Waals surface area contributed by atoms with Gasteiger partial charge in [-0.1, -0.05) is 64.7 Å². The van der Waals surface area contributed by atoms with E-state index in [4.69, 9.17) is 9.84 Å². The van der Waals surface area contributed by atoms with E-state index < -0.39 is 12.4 Å². The predicted molar refractivity (Wildman–Crippen MR) is 75.5 cm³/mol. The van der Waals surface area contributed by atoms with Crippen molar-refractivity contribution in [2.45, 2.75) is 90.4 Å². The summed E-state index contributed by atoms with van der Waals surface area (Å²) >= 11 is 0. The van der Waals surface area contributed by atoms with E-state index in [0.29, 0.717) is 6.61 Å². The molecule has 0 aliphatic carbocycles. The summed E-state index contributed by atoms with van der Waals surface area (Å²) in [7, 11) is 0. The zero-order valence-electron chi connectivity index (χ0n) is 12.2. The Morgan fingerprint density at radius 3 is 1.67 bits per heavy atom. The molecule has 3 nitrogen and oxygen atoms in total. The lowest BCUT2D eigenvalue weighted by Gasteiger charge is -2.14. The second kappa shape index (κ2) is 13.3. The highest BCUT2D eigenvalue weighted by Crippen LogP contribution is 2.10. The molecule has 0 fully saturated rings. The van der Waals surface area contributed by atoms with Crippen molar-refractivity contribution in [2.75, 3.05) is 6.61 Å². The van der Waals surface area contributed by atoms with Crippen LogP contribution < -0.4 is 0 Å². The summed E-state index contributed by atoms with van der Waals surface area (Å²) in [5.74, 6) is 0. The van der Waals surface area contributed by atoms with Crippen LogP contribution in [-0.4, -0.2) is 29.2 Å². The maximum absolute atomic E-state index is 9.20. The van der Waals surface area contributed by atoms with Gasteiger partial charge in [-0.3, -0.25) is 0 Å². The Balaban J connectivity index is 3.03. The number of hydrogen-bond acceptors (Lipinski definition) is 3. The molecule has 0 bridgehead atoms. The Labute approximate surface area is 113 Å². The van der Waals surface area contributed by atoms with E-state index in [-0.39, 0.29) is 0 Å². The lowest BCUT2D eigenvalue weighted by molar-refractivity contribution is -0.156. The van der Waals surface area contributed by atoms with Crippen LogP contribution >= 0.6 is 0 Å². The Kier molecular flexibility index (Phi) is 13.2. The summed E-state index contributed by atoms with van der Waals surface area (Å²) in [5.41, 5.74) is 0. The quantitative estimate of drug-likeness (QED) is 0.393. The summed E-state index contributed by atoms with van der Waals surface area (Å²) in [6.07, 6.45) is 11.1. The van der Waals surface area contributed by atoms with Gasteiger partial charge in [0.1, 0.15) is 6.10 Å². The van der Waals surface area contributed by atoms with Gasteiger partial charge in [-0.2, -0.15) is 0 Å². The van der Waals surface area contributed by atoms with Gasteiger partial charge in [-0.25, -0.2) is 0 Å². The van der Waals surface area contributed by atoms with Crippen LogP contribution in [0.15, 0.2) is 0 Å². The van der Waals surface area contributed by atoms with Gasteiger partial charge in [0.15, 0.2) is 6.29 Å². The number of hydrogen-bond donors (Lipinski definition) is 2. The monoisotopic (exact) mass is 260 g/mol. The minimum absolute atomic E-state index is 0.544. The van der Waals surface area contributed by atoms with Crippen LogP contribution in [0.1, 0.15) is 78.1 Å². The molecule has 2 atom stereocenters. The van der Waals surface area contributed by atoms with E-state index in [9.17, 15) is 5.11 Å². The van der Waals surface area contributed by atoms with Gasteiger partial charge in [0.25, 0.3) is 0 Å². The molecule has 2 unspecified atom stereocenters. The minimum atomic E-state index is -1.02. The maximum atomic E-state index is 9.20. The first-order valence-corrected chi connectivity index (χ1v) is 7.66. The van der Waals surface area contributed by atoms with Crippen molar-refractivity contribution in [1.29, 1.82) is 0 Å². The van der Waals surface area contributed by atoms with Gasteiger partial charge in [0, 0.05) is 6.61 Å². The molecule has 0 aromatic rings. The van der Waals surface area contributed by atoms with Crippen molar-refractivity contribution in [3.8, 4) is 0 Å². The van der Waals surface area contributed by atoms with Crippen molar-refractivity contribution in [3.05, 3.63) is 0 Å². The molecule has 0 aromatic carbocycles. The average Bonchev–Trinajstić information content (AvgIpc) is 2.35. The zero-order chi connectivity index (χ0) is 13.6. The summed E-state index contributed by atoms with van der Waals surface area (Å²) in [4.78, 5) is 0. The highest BCUT2D eigenvalue weighted by atomic mass is 16.6. The lowest BCUT2D eigenvalue weighted by Crippen LogP contribution is -2.26. The molecule has 0 amide bonds. The topological polar surface area (TPSA) is 49.7 Å². The summed E-state index contributed by atoms with van der Waals surface area (Å²) in [6, 6.07) is 0. The summed E-state index contributed by atoms with van der Waals surface area (Å²) in [6.45, 7) is 4.32. The van der Waals surface area contributed by atoms with Crippen LogP contribution in [0.4, 0.5) is 0 Å². The largest absolute Gasteiger partial charge is 0.388 e. The molecule has 0 aliphatic heterocycles. The highest BCUT2D eigenvalue weighted by Gasteiger charge is 2.09. The fourth-order valence-electron chi connectivity index (χ4n) is 1.93. The highest BCUT2D eigenvalue weighted by molar-refractivity contribution is 4.50. The summed E-state index contributed by atoms with van der Waals surface area (Å²) < 4.78 is 5.08. The molecule has 3 heteroatoms. The molecular weight excluding hydrogens is 228 g/mol. The molecule has 2 N–H and O–H groups in total. The predicted octanol–water partition coefficient (Wildman–Crippen LogP) is 3.62. The minimum Gasteiger partial charge on any atom is -0.388 e. The van der Waals surface area contributed by atoms with Crippen LogP contribution in [0.25, 0.3) is 0 Å². The van der Waals surface area contributed by atoms with Gasteiger partial charge in [-0.15, -0.1) is 0 Å². The van der Waals surface area contributed by atoms with Crippen molar-refractivity contribution in [1.82, 2.24) is 0 Å². The van der Waals surface area contributed by atoms with Crippen LogP contribution in [0.3, 0.4) is 0 Å². The zero-order valence-corrected chi connectivity index (χ0v) is 12.2. The smallest absolute Gasteiger partial charge is 0.180 e. The molecule has 0 heterocycles. The van der Waals surface area contributed by atoms with E-state index in [1.165, 1.54) is 58.3 Å². The Morgan fingerprint density at radius 1 is 0.778 bits per heavy atom. The van der Waals surface area contributed by atoms with E-state index >= 15 is 0 Å². The van der Waals surface area contributed by atoms with Crippen LogP contribution in [0.2, 0.25) is 0 Å². The van der Waals surface area contributed by atoms with Crippen molar-refractivity contribution < 1.29 is 14.9 Å². The third-order valence-corrected chi connectivity index (χ3v) is 3.20. The number of unbranched alkanes of at least 4 members (excludes halogenated alkanes) is 9. The fraction of sp³-hybridized carbons (Fsp3) is 1.00. The molecule has 0 saturated carbocycles. The molecule has 0 radical (unpaired) electrons. The van der Waals surface area contributed by atoms with Gasteiger partial charge in [0.2, 0.25) is 0 Å². The van der Waals surface area contributed by atoms with Crippen molar-refractivity contribution in [2.24, 2.45) is 0 Å². The van der Waals surface area contributed by atoms with Gasteiger partial charge in [0.05, 0.1) is 0 Å². The number of ether oxygens (including phenoxy) is 1. The summed E-state index contributed by atoms with van der Waals surface area (Å²) in [5, 5.41) is 18.2. The lowest BCUT2D eigenvalue weighted by atomic mass is 10.1.